The predicted octanol–water partition coefficient (Wildman–Crippen LogP) is 3.60. The number of aryl methyl sites for hydroxylation is 2. The Hall–Kier alpha value is -2.34. The van der Waals surface area contributed by atoms with Gasteiger partial charge in [-0.25, -0.2) is 9.97 Å². The van der Waals surface area contributed by atoms with Gasteiger partial charge in [-0.3, -0.25) is 4.79 Å². The summed E-state index contributed by atoms with van der Waals surface area (Å²) in [5.74, 6) is 1.69. The second-order valence-corrected chi connectivity index (χ2v) is 8.03. The molecule has 1 unspecified atom stereocenters. The van der Waals surface area contributed by atoms with Gasteiger partial charge < -0.3 is 15.0 Å². The maximum atomic E-state index is 12.9. The third-order valence-electron chi connectivity index (χ3n) is 5.45. The second kappa shape index (κ2) is 7.95. The maximum absolute atomic E-state index is 12.9. The highest BCUT2D eigenvalue weighted by atomic mass is 35.5. The number of benzene rings is 1. The SMILES string of the molecule is Cc1cc(C)nc(N2CCC(C(=O)NC3CCOc4ccc(Cl)cc43)CC2)n1. The van der Waals surface area contributed by atoms with Crippen LogP contribution in [-0.4, -0.2) is 35.6 Å². The van der Waals surface area contributed by atoms with Crippen molar-refractivity contribution in [3.05, 3.63) is 46.2 Å². The molecule has 0 bridgehead atoms. The van der Waals surface area contributed by atoms with Gasteiger partial charge in [0.1, 0.15) is 5.75 Å². The molecule has 2 aromatic rings. The van der Waals surface area contributed by atoms with Crippen LogP contribution in [0.1, 0.15) is 42.3 Å². The summed E-state index contributed by atoms with van der Waals surface area (Å²) in [7, 11) is 0. The first-order valence-electron chi connectivity index (χ1n) is 9.79. The molecule has 3 heterocycles. The summed E-state index contributed by atoms with van der Waals surface area (Å²) in [4.78, 5) is 24.1. The molecule has 2 aliphatic heterocycles. The Morgan fingerprint density at radius 3 is 2.57 bits per heavy atom. The number of anilines is 1. The number of piperidine rings is 1. The summed E-state index contributed by atoms with van der Waals surface area (Å²) >= 11 is 6.14. The lowest BCUT2D eigenvalue weighted by molar-refractivity contribution is -0.126. The van der Waals surface area contributed by atoms with Crippen molar-refractivity contribution >= 4 is 23.5 Å². The first kappa shape index (κ1) is 19.0. The van der Waals surface area contributed by atoms with E-state index in [2.05, 4.69) is 20.2 Å². The van der Waals surface area contributed by atoms with Gasteiger partial charge in [0.15, 0.2) is 0 Å². The fourth-order valence-electron chi connectivity index (χ4n) is 4.00. The van der Waals surface area contributed by atoms with Crippen LogP contribution in [0.4, 0.5) is 5.95 Å². The molecular weight excluding hydrogens is 376 g/mol. The number of nitrogens with zero attached hydrogens (tertiary/aromatic N) is 3. The first-order valence-corrected chi connectivity index (χ1v) is 10.2. The molecular formula is C21H25ClN4O2. The molecule has 148 valence electrons. The van der Waals surface area contributed by atoms with Crippen molar-refractivity contribution in [1.82, 2.24) is 15.3 Å². The van der Waals surface area contributed by atoms with E-state index in [-0.39, 0.29) is 17.9 Å². The van der Waals surface area contributed by atoms with E-state index in [1.54, 1.807) is 0 Å². The van der Waals surface area contributed by atoms with E-state index in [9.17, 15) is 4.79 Å². The van der Waals surface area contributed by atoms with Gasteiger partial charge in [0, 0.05) is 47.4 Å². The quantitative estimate of drug-likeness (QED) is 0.852. The van der Waals surface area contributed by atoms with Gasteiger partial charge in [0.2, 0.25) is 11.9 Å². The zero-order chi connectivity index (χ0) is 19.7. The van der Waals surface area contributed by atoms with Crippen LogP contribution in [0.15, 0.2) is 24.3 Å². The van der Waals surface area contributed by atoms with Crippen molar-refractivity contribution < 1.29 is 9.53 Å². The van der Waals surface area contributed by atoms with Crippen LogP contribution in [0.25, 0.3) is 0 Å². The molecule has 7 heteroatoms. The second-order valence-electron chi connectivity index (χ2n) is 7.59. The van der Waals surface area contributed by atoms with Gasteiger partial charge in [0.25, 0.3) is 0 Å². The molecule has 1 aromatic carbocycles. The Labute approximate surface area is 170 Å². The molecule has 1 atom stereocenters. The van der Waals surface area contributed by atoms with Crippen LogP contribution in [0.2, 0.25) is 5.02 Å². The molecule has 0 aliphatic carbocycles. The fraction of sp³-hybridized carbons (Fsp3) is 0.476. The third-order valence-corrected chi connectivity index (χ3v) is 5.68. The van der Waals surface area contributed by atoms with Gasteiger partial charge in [-0.2, -0.15) is 0 Å². The Balaban J connectivity index is 1.38. The van der Waals surface area contributed by atoms with Crippen LogP contribution in [0, 0.1) is 19.8 Å². The molecule has 1 aromatic heterocycles. The van der Waals surface area contributed by atoms with Crippen LogP contribution in [0.5, 0.6) is 5.75 Å². The number of ether oxygens (including phenoxy) is 1. The predicted molar refractivity (Wildman–Crippen MR) is 109 cm³/mol. The summed E-state index contributed by atoms with van der Waals surface area (Å²) in [6.45, 7) is 6.14. The molecule has 0 saturated carbocycles. The molecule has 1 N–H and O–H groups in total. The monoisotopic (exact) mass is 400 g/mol. The normalized spacial score (nSPS) is 19.7. The lowest BCUT2D eigenvalue weighted by Crippen LogP contribution is -2.43. The van der Waals surface area contributed by atoms with Crippen LogP contribution >= 0.6 is 11.6 Å². The van der Waals surface area contributed by atoms with Gasteiger partial charge in [-0.1, -0.05) is 11.6 Å². The van der Waals surface area contributed by atoms with E-state index in [0.29, 0.717) is 11.6 Å². The minimum atomic E-state index is -0.0456. The summed E-state index contributed by atoms with van der Waals surface area (Å²) in [6, 6.07) is 7.51. The average Bonchev–Trinajstić information content (AvgIpc) is 2.68. The molecule has 0 radical (unpaired) electrons. The van der Waals surface area contributed by atoms with Gasteiger partial charge in [-0.15, -0.1) is 0 Å². The highest BCUT2D eigenvalue weighted by Crippen LogP contribution is 2.34. The molecule has 1 fully saturated rings. The zero-order valence-electron chi connectivity index (χ0n) is 16.2. The smallest absolute Gasteiger partial charge is 0.225 e. The Kier molecular flexibility index (Phi) is 5.40. The molecule has 1 saturated heterocycles. The van der Waals surface area contributed by atoms with Gasteiger partial charge >= 0.3 is 0 Å². The zero-order valence-corrected chi connectivity index (χ0v) is 17.0. The number of hydrogen-bond donors (Lipinski definition) is 1. The molecule has 6 nitrogen and oxygen atoms in total. The number of rotatable bonds is 3. The van der Waals surface area contributed by atoms with Gasteiger partial charge in [0.05, 0.1) is 12.6 Å². The molecule has 1 amide bonds. The molecule has 4 rings (SSSR count). The van der Waals surface area contributed by atoms with E-state index >= 15 is 0 Å². The average molecular weight is 401 g/mol. The Bertz CT molecular complexity index is 860. The summed E-state index contributed by atoms with van der Waals surface area (Å²) in [5.41, 5.74) is 2.91. The van der Waals surface area contributed by atoms with Crippen molar-refractivity contribution in [2.75, 3.05) is 24.6 Å². The van der Waals surface area contributed by atoms with Crippen molar-refractivity contribution in [1.29, 1.82) is 0 Å². The number of hydrogen-bond acceptors (Lipinski definition) is 5. The highest BCUT2D eigenvalue weighted by Gasteiger charge is 2.30. The van der Waals surface area contributed by atoms with E-state index in [1.165, 1.54) is 0 Å². The van der Waals surface area contributed by atoms with Crippen molar-refractivity contribution in [3.8, 4) is 5.75 Å². The van der Waals surface area contributed by atoms with Crippen LogP contribution in [-0.2, 0) is 4.79 Å². The topological polar surface area (TPSA) is 67.4 Å². The van der Waals surface area contributed by atoms with Crippen LogP contribution in [0.3, 0.4) is 0 Å². The molecule has 0 spiro atoms. The number of halogens is 1. The Morgan fingerprint density at radius 1 is 1.14 bits per heavy atom. The maximum Gasteiger partial charge on any atom is 0.225 e. The summed E-state index contributed by atoms with van der Waals surface area (Å²) in [6.07, 6.45) is 2.36. The minimum absolute atomic E-state index is 0.00707. The summed E-state index contributed by atoms with van der Waals surface area (Å²) in [5, 5.41) is 3.88. The molecule has 2 aliphatic rings. The van der Waals surface area contributed by atoms with E-state index in [4.69, 9.17) is 16.3 Å². The van der Waals surface area contributed by atoms with E-state index in [1.807, 2.05) is 38.1 Å². The number of fused-ring (bicyclic) bond motifs is 1. The minimum Gasteiger partial charge on any atom is -0.493 e. The number of carbonyl (C=O) groups is 1. The van der Waals surface area contributed by atoms with Gasteiger partial charge in [-0.05, 0) is 51.0 Å². The van der Waals surface area contributed by atoms with E-state index in [0.717, 1.165) is 61.0 Å². The van der Waals surface area contributed by atoms with Crippen molar-refractivity contribution in [2.45, 2.75) is 39.2 Å². The third kappa shape index (κ3) is 4.07. The number of amides is 1. The first-order chi connectivity index (χ1) is 13.5. The molecule has 28 heavy (non-hydrogen) atoms. The number of nitrogens with one attached hydrogen (secondary N) is 1. The Morgan fingerprint density at radius 2 is 1.86 bits per heavy atom. The lowest BCUT2D eigenvalue weighted by atomic mass is 9.94. The lowest BCUT2D eigenvalue weighted by Gasteiger charge is -2.33. The van der Waals surface area contributed by atoms with Crippen LogP contribution < -0.4 is 15.0 Å². The highest BCUT2D eigenvalue weighted by molar-refractivity contribution is 6.30. The summed E-state index contributed by atoms with van der Waals surface area (Å²) < 4.78 is 5.69. The van der Waals surface area contributed by atoms with E-state index < -0.39 is 0 Å². The van der Waals surface area contributed by atoms with Crippen molar-refractivity contribution in [2.24, 2.45) is 5.92 Å². The standard InChI is InChI=1S/C21H25ClN4O2/c1-13-11-14(2)24-21(23-13)26-8-5-15(6-9-26)20(27)25-18-7-10-28-19-4-3-16(22)12-17(18)19/h3-4,11-12,15,18H,5-10H2,1-2H3,(H,25,27). The largest absolute Gasteiger partial charge is 0.493 e. The fourth-order valence-corrected chi connectivity index (χ4v) is 4.18. The number of aromatic nitrogens is 2. The number of carbonyl (C=O) groups excluding carboxylic acids is 1. The van der Waals surface area contributed by atoms with Crippen molar-refractivity contribution in [3.63, 3.8) is 0 Å².